The predicted molar refractivity (Wildman–Crippen MR) is 229 cm³/mol. The summed E-state index contributed by atoms with van der Waals surface area (Å²) in [6, 6.07) is 62.4. The zero-order valence-corrected chi connectivity index (χ0v) is 30.1. The Morgan fingerprint density at radius 2 is 0.821 bits per heavy atom. The summed E-state index contributed by atoms with van der Waals surface area (Å²) in [6.07, 6.45) is 1.87. The van der Waals surface area contributed by atoms with Gasteiger partial charge in [-0.05, 0) is 85.8 Å². The third-order valence-electron chi connectivity index (χ3n) is 10.3. The lowest BCUT2D eigenvalue weighted by molar-refractivity contribution is 1.07. The van der Waals surface area contributed by atoms with Gasteiger partial charge in [-0.2, -0.15) is 0 Å². The Bertz CT molecular complexity index is 3090. The molecule has 0 bridgehead atoms. The molecule has 0 amide bonds. The normalized spacial score (nSPS) is 11.2. The number of benzene rings is 8. The first kappa shape index (κ1) is 32.8. The third kappa shape index (κ3) is 5.92. The average Bonchev–Trinajstić information content (AvgIpc) is 3.29. The largest absolute Gasteiger partial charge is 0.256 e. The van der Waals surface area contributed by atoms with Crippen LogP contribution in [0.2, 0.25) is 0 Å². The molecule has 0 aliphatic rings. The van der Waals surface area contributed by atoms with Crippen LogP contribution in [0.5, 0.6) is 0 Å². The van der Waals surface area contributed by atoms with E-state index in [-0.39, 0.29) is 0 Å². The summed E-state index contributed by atoms with van der Waals surface area (Å²) in [4.78, 5) is 23.5. The molecule has 10 aromatic rings. The van der Waals surface area contributed by atoms with Crippen molar-refractivity contribution in [2.75, 3.05) is 0 Å². The van der Waals surface area contributed by atoms with Crippen molar-refractivity contribution in [2.24, 2.45) is 0 Å². The fraction of sp³-hybridized carbons (Fsp3) is 0. The molecule has 0 spiro atoms. The number of fused-ring (bicyclic) bond motifs is 5. The molecule has 0 atom stereocenters. The first-order valence-electron chi connectivity index (χ1n) is 18.5. The molecule has 5 heteroatoms. The first-order chi connectivity index (χ1) is 27.7. The topological polar surface area (TPSA) is 55.9 Å². The lowest BCUT2D eigenvalue weighted by Crippen LogP contribution is -2.00. The molecule has 0 aliphatic carbocycles. The number of pyridine rings is 1. The second-order valence-electron chi connectivity index (χ2n) is 13.8. The standard InChI is InChI=1S/C51H31N5/c1-52-40-23-12-21-38(30-40)44-31-47-43-26-13-27-53-48(43)45(32-46(47)42-25-9-8-24-41(42)44)37-20-10-18-35(28-37)36-19-11-22-39(29-36)51-55-49(33-14-4-2-5-15-33)54-50(56-51)34-16-6-3-7-17-34/h2-32H. The van der Waals surface area contributed by atoms with Gasteiger partial charge in [0, 0.05) is 33.8 Å². The van der Waals surface area contributed by atoms with Crippen molar-refractivity contribution in [1.29, 1.82) is 0 Å². The van der Waals surface area contributed by atoms with Gasteiger partial charge in [0.1, 0.15) is 0 Å². The van der Waals surface area contributed by atoms with Crippen LogP contribution in [0.1, 0.15) is 0 Å². The van der Waals surface area contributed by atoms with Crippen LogP contribution in [0, 0.1) is 6.57 Å². The van der Waals surface area contributed by atoms with Gasteiger partial charge in [0.15, 0.2) is 23.2 Å². The smallest absolute Gasteiger partial charge is 0.187 e. The minimum Gasteiger partial charge on any atom is -0.256 e. The molecule has 0 aliphatic heterocycles. The molecule has 2 aromatic heterocycles. The van der Waals surface area contributed by atoms with Gasteiger partial charge in [-0.1, -0.05) is 146 Å². The molecular formula is C51H31N5. The molecule has 260 valence electrons. The van der Waals surface area contributed by atoms with Crippen molar-refractivity contribution >= 4 is 38.1 Å². The molecule has 0 unspecified atom stereocenters. The predicted octanol–water partition coefficient (Wildman–Crippen LogP) is 13.3. The Kier molecular flexibility index (Phi) is 8.13. The zero-order valence-electron chi connectivity index (χ0n) is 30.1. The highest BCUT2D eigenvalue weighted by Gasteiger charge is 2.17. The van der Waals surface area contributed by atoms with E-state index in [1.807, 2.05) is 91.1 Å². The van der Waals surface area contributed by atoms with E-state index in [0.717, 1.165) is 82.5 Å². The van der Waals surface area contributed by atoms with Gasteiger partial charge in [-0.25, -0.2) is 19.8 Å². The fourth-order valence-electron chi connectivity index (χ4n) is 7.67. The molecule has 10 rings (SSSR count). The Morgan fingerprint density at radius 3 is 1.50 bits per heavy atom. The van der Waals surface area contributed by atoms with E-state index in [4.69, 9.17) is 26.5 Å². The monoisotopic (exact) mass is 713 g/mol. The Labute approximate surface area is 324 Å². The van der Waals surface area contributed by atoms with Crippen LogP contribution in [-0.4, -0.2) is 19.9 Å². The summed E-state index contributed by atoms with van der Waals surface area (Å²) in [6.45, 7) is 7.61. The van der Waals surface area contributed by atoms with E-state index in [2.05, 4.69) is 102 Å². The first-order valence-corrected chi connectivity index (χ1v) is 18.5. The quantitative estimate of drug-likeness (QED) is 0.127. The van der Waals surface area contributed by atoms with Gasteiger partial charge in [0.25, 0.3) is 0 Å². The molecule has 0 saturated heterocycles. The minimum atomic E-state index is 0.618. The molecule has 56 heavy (non-hydrogen) atoms. The summed E-state index contributed by atoms with van der Waals surface area (Å²) >= 11 is 0. The van der Waals surface area contributed by atoms with Gasteiger partial charge in [0.05, 0.1) is 12.1 Å². The third-order valence-corrected chi connectivity index (χ3v) is 10.3. The van der Waals surface area contributed by atoms with E-state index in [1.165, 1.54) is 0 Å². The molecule has 0 saturated carbocycles. The maximum atomic E-state index is 7.61. The van der Waals surface area contributed by atoms with E-state index in [0.29, 0.717) is 23.2 Å². The van der Waals surface area contributed by atoms with Gasteiger partial charge in [-0.3, -0.25) is 4.98 Å². The SMILES string of the molecule is [C-]#[N+]c1cccc(-c2cc3c4cccnc4c(-c4cccc(-c5cccc(-c6nc(-c7ccccc7)nc(-c7ccccc7)n6)c5)c4)cc3c3ccccc23)c1. The molecule has 2 heterocycles. The number of aromatic nitrogens is 4. The van der Waals surface area contributed by atoms with Crippen molar-refractivity contribution in [1.82, 2.24) is 19.9 Å². The van der Waals surface area contributed by atoms with E-state index in [1.54, 1.807) is 0 Å². The van der Waals surface area contributed by atoms with Gasteiger partial charge >= 0.3 is 0 Å². The van der Waals surface area contributed by atoms with Crippen LogP contribution in [0.3, 0.4) is 0 Å². The molecule has 0 radical (unpaired) electrons. The Hall–Kier alpha value is -7.81. The molecule has 5 nitrogen and oxygen atoms in total. The summed E-state index contributed by atoms with van der Waals surface area (Å²) in [7, 11) is 0. The lowest BCUT2D eigenvalue weighted by atomic mass is 9.88. The zero-order chi connectivity index (χ0) is 37.4. The maximum Gasteiger partial charge on any atom is 0.187 e. The lowest BCUT2D eigenvalue weighted by Gasteiger charge is -2.16. The van der Waals surface area contributed by atoms with Crippen molar-refractivity contribution in [3.05, 3.63) is 200 Å². The van der Waals surface area contributed by atoms with E-state index in [9.17, 15) is 0 Å². The van der Waals surface area contributed by atoms with Crippen molar-refractivity contribution in [3.63, 3.8) is 0 Å². The Balaban J connectivity index is 1.11. The van der Waals surface area contributed by atoms with Gasteiger partial charge < -0.3 is 0 Å². The van der Waals surface area contributed by atoms with E-state index >= 15 is 0 Å². The second-order valence-corrected chi connectivity index (χ2v) is 13.8. The van der Waals surface area contributed by atoms with Crippen LogP contribution in [-0.2, 0) is 0 Å². The van der Waals surface area contributed by atoms with Crippen molar-refractivity contribution < 1.29 is 0 Å². The molecule has 8 aromatic carbocycles. The highest BCUT2D eigenvalue weighted by Crippen LogP contribution is 2.42. The van der Waals surface area contributed by atoms with Crippen molar-refractivity contribution in [3.8, 4) is 67.5 Å². The van der Waals surface area contributed by atoms with Gasteiger partial charge in [0.2, 0.25) is 0 Å². The number of rotatable bonds is 6. The molecular weight excluding hydrogens is 683 g/mol. The second kappa shape index (κ2) is 13.9. The number of hydrogen-bond donors (Lipinski definition) is 0. The fourth-order valence-corrected chi connectivity index (χ4v) is 7.67. The molecule has 0 N–H and O–H groups in total. The summed E-state index contributed by atoms with van der Waals surface area (Å²) < 4.78 is 0. The minimum absolute atomic E-state index is 0.618. The number of nitrogens with zero attached hydrogens (tertiary/aromatic N) is 5. The highest BCUT2D eigenvalue weighted by molar-refractivity contribution is 6.23. The van der Waals surface area contributed by atoms with Crippen LogP contribution in [0.15, 0.2) is 188 Å². The average molecular weight is 714 g/mol. The highest BCUT2D eigenvalue weighted by atomic mass is 15.0. The molecule has 0 fully saturated rings. The van der Waals surface area contributed by atoms with Crippen LogP contribution in [0.4, 0.5) is 5.69 Å². The summed E-state index contributed by atoms with van der Waals surface area (Å²) in [5.74, 6) is 1.88. The van der Waals surface area contributed by atoms with Crippen LogP contribution in [0.25, 0.3) is 105 Å². The van der Waals surface area contributed by atoms with Gasteiger partial charge in [-0.15, -0.1) is 0 Å². The maximum absolute atomic E-state index is 7.61. The Morgan fingerprint density at radius 1 is 0.339 bits per heavy atom. The number of hydrogen-bond acceptors (Lipinski definition) is 4. The van der Waals surface area contributed by atoms with Crippen molar-refractivity contribution in [2.45, 2.75) is 0 Å². The van der Waals surface area contributed by atoms with E-state index < -0.39 is 0 Å². The van der Waals surface area contributed by atoms with Crippen LogP contribution >= 0.6 is 0 Å². The summed E-state index contributed by atoms with van der Waals surface area (Å²) in [5, 5.41) is 5.67. The summed E-state index contributed by atoms with van der Waals surface area (Å²) in [5.41, 5.74) is 10.8. The van der Waals surface area contributed by atoms with Crippen LogP contribution < -0.4 is 0 Å².